The second-order valence-corrected chi connectivity index (χ2v) is 6.33. The summed E-state index contributed by atoms with van der Waals surface area (Å²) in [4.78, 5) is 21.5. The van der Waals surface area contributed by atoms with Crippen molar-refractivity contribution in [2.75, 3.05) is 33.4 Å². The first-order chi connectivity index (χ1) is 13.4. The van der Waals surface area contributed by atoms with E-state index in [1.165, 1.54) is 12.1 Å². The first kappa shape index (κ1) is 21.5. The lowest BCUT2D eigenvalue weighted by Crippen LogP contribution is -2.35. The number of nitrogens with zero attached hydrogens (tertiary/aromatic N) is 2. The van der Waals surface area contributed by atoms with E-state index in [-0.39, 0.29) is 5.82 Å². The van der Waals surface area contributed by atoms with Gasteiger partial charge < -0.3 is 24.4 Å². The van der Waals surface area contributed by atoms with Crippen LogP contribution in [0.2, 0.25) is 0 Å². The molecule has 1 aromatic carbocycles. The summed E-state index contributed by atoms with van der Waals surface area (Å²) in [5.41, 5.74) is 1.52. The number of ether oxygens (including phenoxy) is 1. The second-order valence-electron chi connectivity index (χ2n) is 6.33. The number of halogens is 1. The minimum atomic E-state index is -1.26. The molecule has 1 saturated heterocycles. The van der Waals surface area contributed by atoms with Crippen LogP contribution in [0.15, 0.2) is 34.9 Å². The fourth-order valence-electron chi connectivity index (χ4n) is 3.02. The van der Waals surface area contributed by atoms with Crippen LogP contribution in [-0.4, -0.2) is 65.6 Å². The summed E-state index contributed by atoms with van der Waals surface area (Å²) in [6, 6.07) is 4.64. The summed E-state index contributed by atoms with van der Waals surface area (Å²) in [7, 11) is 1.73. The SMILES string of the molecule is COCCN1CCC(c2noc3cc(F)ccc23)CC1.O=C(O)/C=C/C(=O)O. The Morgan fingerprint density at radius 2 is 1.93 bits per heavy atom. The molecule has 0 spiro atoms. The Morgan fingerprint density at radius 3 is 2.50 bits per heavy atom. The highest BCUT2D eigenvalue weighted by molar-refractivity contribution is 5.89. The van der Waals surface area contributed by atoms with E-state index in [1.807, 2.05) is 0 Å². The van der Waals surface area contributed by atoms with E-state index >= 15 is 0 Å². The third-order valence-electron chi connectivity index (χ3n) is 4.42. The average molecular weight is 394 g/mol. The van der Waals surface area contributed by atoms with Crippen molar-refractivity contribution in [3.63, 3.8) is 0 Å². The van der Waals surface area contributed by atoms with Gasteiger partial charge >= 0.3 is 11.9 Å². The molecule has 1 aliphatic heterocycles. The van der Waals surface area contributed by atoms with Crippen molar-refractivity contribution in [1.82, 2.24) is 10.1 Å². The van der Waals surface area contributed by atoms with E-state index in [9.17, 15) is 14.0 Å². The summed E-state index contributed by atoms with van der Waals surface area (Å²) < 4.78 is 23.5. The van der Waals surface area contributed by atoms with E-state index in [1.54, 1.807) is 13.2 Å². The van der Waals surface area contributed by atoms with Gasteiger partial charge in [0, 0.05) is 43.2 Å². The maximum atomic E-state index is 13.2. The largest absolute Gasteiger partial charge is 0.478 e. The monoisotopic (exact) mass is 394 g/mol. The molecule has 1 aromatic heterocycles. The molecule has 0 bridgehead atoms. The quantitative estimate of drug-likeness (QED) is 0.719. The number of aliphatic carboxylic acids is 2. The van der Waals surface area contributed by atoms with Crippen molar-refractivity contribution < 1.29 is 33.5 Å². The molecule has 2 N–H and O–H groups in total. The Kier molecular flexibility index (Phi) is 8.09. The molecular formula is C19H23FN2O6. The van der Waals surface area contributed by atoms with Gasteiger partial charge in [-0.25, -0.2) is 14.0 Å². The number of likely N-dealkylation sites (tertiary alicyclic amines) is 1. The lowest BCUT2D eigenvalue weighted by molar-refractivity contribution is -0.134. The first-order valence-corrected chi connectivity index (χ1v) is 8.80. The Hall–Kier alpha value is -2.78. The molecule has 0 amide bonds. The maximum Gasteiger partial charge on any atom is 0.328 e. The standard InChI is InChI=1S/C15H19FN2O2.C4H4O4/c1-19-9-8-18-6-4-11(5-7-18)15-13-3-2-12(16)10-14(13)20-17-15;5-3(6)1-2-4(7)8/h2-3,10-11H,4-9H2,1H3;1-2H,(H,5,6)(H,7,8)/b;2-1+. The van der Waals surface area contributed by atoms with Crippen molar-refractivity contribution in [1.29, 1.82) is 0 Å². The van der Waals surface area contributed by atoms with Crippen LogP contribution in [0.25, 0.3) is 11.0 Å². The summed E-state index contributed by atoms with van der Waals surface area (Å²) in [5, 5.41) is 20.7. The lowest BCUT2D eigenvalue weighted by Gasteiger charge is -2.30. The molecule has 1 fully saturated rings. The van der Waals surface area contributed by atoms with Crippen molar-refractivity contribution >= 4 is 22.9 Å². The number of hydrogen-bond acceptors (Lipinski definition) is 6. The number of aromatic nitrogens is 1. The van der Waals surface area contributed by atoms with E-state index in [2.05, 4.69) is 10.1 Å². The molecule has 2 aromatic rings. The van der Waals surface area contributed by atoms with E-state index in [4.69, 9.17) is 19.5 Å². The molecule has 0 unspecified atom stereocenters. The lowest BCUT2D eigenvalue weighted by atomic mass is 9.91. The van der Waals surface area contributed by atoms with E-state index in [0.29, 0.717) is 23.7 Å². The minimum absolute atomic E-state index is 0.283. The Bertz CT molecular complexity index is 811. The molecular weight excluding hydrogens is 371 g/mol. The molecule has 28 heavy (non-hydrogen) atoms. The number of methoxy groups -OCH3 is 1. The van der Waals surface area contributed by atoms with Gasteiger partial charge in [0.15, 0.2) is 5.58 Å². The van der Waals surface area contributed by atoms with Crippen LogP contribution in [0, 0.1) is 5.82 Å². The molecule has 152 valence electrons. The number of benzene rings is 1. The van der Waals surface area contributed by atoms with E-state index in [0.717, 1.165) is 50.2 Å². The molecule has 8 nitrogen and oxygen atoms in total. The smallest absolute Gasteiger partial charge is 0.328 e. The van der Waals surface area contributed by atoms with Gasteiger partial charge in [-0.15, -0.1) is 0 Å². The Labute approximate surface area is 161 Å². The second kappa shape index (κ2) is 10.5. The van der Waals surface area contributed by atoms with Crippen LogP contribution in [0.3, 0.4) is 0 Å². The number of fused-ring (bicyclic) bond motifs is 1. The van der Waals surface area contributed by atoms with E-state index < -0.39 is 11.9 Å². The van der Waals surface area contributed by atoms with Crippen LogP contribution in [0.5, 0.6) is 0 Å². The highest BCUT2D eigenvalue weighted by Crippen LogP contribution is 2.32. The van der Waals surface area contributed by atoms with Crippen molar-refractivity contribution in [2.24, 2.45) is 0 Å². The first-order valence-electron chi connectivity index (χ1n) is 8.80. The van der Waals surface area contributed by atoms with Crippen LogP contribution in [0.1, 0.15) is 24.5 Å². The molecule has 2 heterocycles. The van der Waals surface area contributed by atoms with Gasteiger partial charge in [0.05, 0.1) is 12.3 Å². The predicted octanol–water partition coefficient (Wildman–Crippen LogP) is 2.50. The average Bonchev–Trinajstić information content (AvgIpc) is 3.08. The fourth-order valence-corrected chi connectivity index (χ4v) is 3.02. The summed E-state index contributed by atoms with van der Waals surface area (Å²) >= 11 is 0. The highest BCUT2D eigenvalue weighted by Gasteiger charge is 2.24. The Balaban J connectivity index is 0.000000300. The zero-order valence-electron chi connectivity index (χ0n) is 15.5. The number of carbonyl (C=O) groups is 2. The molecule has 0 saturated carbocycles. The normalized spacial score (nSPS) is 15.5. The topological polar surface area (TPSA) is 113 Å². The molecule has 0 atom stereocenters. The van der Waals surface area contributed by atoms with Gasteiger partial charge in [0.1, 0.15) is 5.82 Å². The summed E-state index contributed by atoms with van der Waals surface area (Å²) in [6.45, 7) is 3.85. The van der Waals surface area contributed by atoms with Crippen molar-refractivity contribution in [3.05, 3.63) is 41.9 Å². The molecule has 0 radical (unpaired) electrons. The molecule has 9 heteroatoms. The van der Waals surface area contributed by atoms with Gasteiger partial charge in [0.25, 0.3) is 0 Å². The number of rotatable bonds is 6. The third-order valence-corrected chi connectivity index (χ3v) is 4.42. The number of piperidine rings is 1. The number of hydrogen-bond donors (Lipinski definition) is 2. The van der Waals surface area contributed by atoms with Gasteiger partial charge in [-0.2, -0.15) is 0 Å². The number of carboxylic acids is 2. The molecule has 1 aliphatic rings. The highest BCUT2D eigenvalue weighted by atomic mass is 19.1. The maximum absolute atomic E-state index is 13.2. The van der Waals surface area contributed by atoms with Gasteiger partial charge in [-0.3, -0.25) is 0 Å². The van der Waals surface area contributed by atoms with Crippen LogP contribution in [-0.2, 0) is 14.3 Å². The predicted molar refractivity (Wildman–Crippen MR) is 98.7 cm³/mol. The molecule has 3 rings (SSSR count). The van der Waals surface area contributed by atoms with Gasteiger partial charge in [0.2, 0.25) is 0 Å². The fraction of sp³-hybridized carbons (Fsp3) is 0.421. The minimum Gasteiger partial charge on any atom is -0.478 e. The van der Waals surface area contributed by atoms with Gasteiger partial charge in [-0.05, 0) is 38.1 Å². The van der Waals surface area contributed by atoms with Crippen LogP contribution in [0.4, 0.5) is 4.39 Å². The zero-order chi connectivity index (χ0) is 20.5. The zero-order valence-corrected chi connectivity index (χ0v) is 15.5. The van der Waals surface area contributed by atoms with Crippen molar-refractivity contribution in [2.45, 2.75) is 18.8 Å². The van der Waals surface area contributed by atoms with Crippen LogP contribution < -0.4 is 0 Å². The molecule has 0 aliphatic carbocycles. The third kappa shape index (κ3) is 6.43. The van der Waals surface area contributed by atoms with Crippen LogP contribution >= 0.6 is 0 Å². The number of carboxylic acid groups (broad SMARTS) is 2. The van der Waals surface area contributed by atoms with Gasteiger partial charge in [-0.1, -0.05) is 5.16 Å². The van der Waals surface area contributed by atoms with Crippen molar-refractivity contribution in [3.8, 4) is 0 Å². The Morgan fingerprint density at radius 1 is 1.29 bits per heavy atom. The summed E-state index contributed by atoms with van der Waals surface area (Å²) in [6.07, 6.45) is 3.23. The summed E-state index contributed by atoms with van der Waals surface area (Å²) in [5.74, 6) is -2.39.